The Balaban J connectivity index is 1.88. The zero-order valence-electron chi connectivity index (χ0n) is 13.5. The van der Waals surface area contributed by atoms with Crippen LogP contribution >= 0.6 is 15.9 Å². The number of piperidine rings is 1. The summed E-state index contributed by atoms with van der Waals surface area (Å²) in [6, 6.07) is 9.79. The van der Waals surface area contributed by atoms with E-state index in [-0.39, 0.29) is 0 Å². The third-order valence-corrected chi connectivity index (χ3v) is 5.04. The number of hydrogen-bond donors (Lipinski definition) is 1. The summed E-state index contributed by atoms with van der Waals surface area (Å²) in [5, 5.41) is 3.46. The van der Waals surface area contributed by atoms with Gasteiger partial charge in [-0.25, -0.2) is 0 Å². The molecule has 1 aliphatic rings. The van der Waals surface area contributed by atoms with Gasteiger partial charge in [0.25, 0.3) is 0 Å². The van der Waals surface area contributed by atoms with Gasteiger partial charge in [0, 0.05) is 29.6 Å². The van der Waals surface area contributed by atoms with Crippen LogP contribution in [0, 0.1) is 0 Å². The number of benzene rings is 1. The summed E-state index contributed by atoms with van der Waals surface area (Å²) in [6.07, 6.45) is 3.82. The van der Waals surface area contributed by atoms with Crippen molar-refractivity contribution in [2.45, 2.75) is 31.3 Å². The lowest BCUT2D eigenvalue weighted by atomic mass is 10.0. The van der Waals surface area contributed by atoms with Crippen molar-refractivity contribution < 1.29 is 0 Å². The van der Waals surface area contributed by atoms with Gasteiger partial charge < -0.3 is 15.1 Å². The molecular weight excluding hydrogens is 326 g/mol. The molecule has 0 aliphatic carbocycles. The van der Waals surface area contributed by atoms with Gasteiger partial charge in [0.05, 0.1) is 0 Å². The standard InChI is InChI=1S/C17H28BrN3/c1-19-17(14-6-4-7-15(18)12-14)9-11-21-10-5-8-16(13-21)20(2)3/h4,6-7,12,16-17,19H,5,8-11,13H2,1-3H3. The molecule has 0 radical (unpaired) electrons. The van der Waals surface area contributed by atoms with Crippen LogP contribution in [-0.4, -0.2) is 56.6 Å². The van der Waals surface area contributed by atoms with Gasteiger partial charge in [0.15, 0.2) is 0 Å². The predicted octanol–water partition coefficient (Wildman–Crippen LogP) is 3.13. The number of likely N-dealkylation sites (N-methyl/N-ethyl adjacent to an activating group) is 1. The third kappa shape index (κ3) is 5.06. The number of nitrogens with zero attached hydrogens (tertiary/aromatic N) is 2. The van der Waals surface area contributed by atoms with Crippen LogP contribution in [0.3, 0.4) is 0 Å². The number of likely N-dealkylation sites (tertiary alicyclic amines) is 1. The van der Waals surface area contributed by atoms with Gasteiger partial charge in [-0.2, -0.15) is 0 Å². The van der Waals surface area contributed by atoms with Crippen molar-refractivity contribution in [1.29, 1.82) is 0 Å². The van der Waals surface area contributed by atoms with E-state index >= 15 is 0 Å². The SMILES string of the molecule is CNC(CCN1CCCC(N(C)C)C1)c1cccc(Br)c1. The van der Waals surface area contributed by atoms with Crippen molar-refractivity contribution in [1.82, 2.24) is 15.1 Å². The summed E-state index contributed by atoms with van der Waals surface area (Å²) in [6.45, 7) is 3.63. The first kappa shape index (κ1) is 16.9. The largest absolute Gasteiger partial charge is 0.313 e. The monoisotopic (exact) mass is 353 g/mol. The minimum atomic E-state index is 0.433. The molecule has 118 valence electrons. The molecular formula is C17H28BrN3. The lowest BCUT2D eigenvalue weighted by molar-refractivity contribution is 0.129. The molecule has 1 heterocycles. The molecule has 1 aliphatic heterocycles. The minimum absolute atomic E-state index is 0.433. The van der Waals surface area contributed by atoms with Crippen LogP contribution in [0.2, 0.25) is 0 Å². The highest BCUT2D eigenvalue weighted by atomic mass is 79.9. The summed E-state index contributed by atoms with van der Waals surface area (Å²) in [5.74, 6) is 0. The Hall–Kier alpha value is -0.420. The van der Waals surface area contributed by atoms with E-state index in [4.69, 9.17) is 0 Å². The average molecular weight is 354 g/mol. The Kier molecular flexibility index (Phi) is 6.68. The summed E-state index contributed by atoms with van der Waals surface area (Å²) in [7, 11) is 6.46. The van der Waals surface area contributed by atoms with E-state index < -0.39 is 0 Å². The van der Waals surface area contributed by atoms with Crippen LogP contribution in [0.5, 0.6) is 0 Å². The van der Waals surface area contributed by atoms with Gasteiger partial charge in [-0.3, -0.25) is 0 Å². The number of rotatable bonds is 6. The molecule has 1 fully saturated rings. The summed E-state index contributed by atoms with van der Waals surface area (Å²) in [4.78, 5) is 4.99. The van der Waals surface area contributed by atoms with Gasteiger partial charge in [0.1, 0.15) is 0 Å². The van der Waals surface area contributed by atoms with Crippen LogP contribution in [-0.2, 0) is 0 Å². The maximum atomic E-state index is 3.57. The Labute approximate surface area is 137 Å². The van der Waals surface area contributed by atoms with E-state index in [1.807, 2.05) is 0 Å². The van der Waals surface area contributed by atoms with Gasteiger partial charge in [-0.1, -0.05) is 28.1 Å². The van der Waals surface area contributed by atoms with Crippen LogP contribution in [0.4, 0.5) is 0 Å². The lowest BCUT2D eigenvalue weighted by Gasteiger charge is -2.36. The zero-order valence-corrected chi connectivity index (χ0v) is 15.1. The zero-order chi connectivity index (χ0) is 15.2. The van der Waals surface area contributed by atoms with Crippen LogP contribution in [0.15, 0.2) is 28.7 Å². The molecule has 0 saturated carbocycles. The molecule has 0 aromatic heterocycles. The fourth-order valence-electron chi connectivity index (χ4n) is 3.17. The summed E-state index contributed by atoms with van der Waals surface area (Å²) < 4.78 is 1.16. The Morgan fingerprint density at radius 2 is 2.24 bits per heavy atom. The highest BCUT2D eigenvalue weighted by Crippen LogP contribution is 2.22. The van der Waals surface area contributed by atoms with Gasteiger partial charge >= 0.3 is 0 Å². The Morgan fingerprint density at radius 3 is 2.90 bits per heavy atom. The molecule has 21 heavy (non-hydrogen) atoms. The fourth-order valence-corrected chi connectivity index (χ4v) is 3.59. The second-order valence-electron chi connectivity index (χ2n) is 6.25. The van der Waals surface area contributed by atoms with Crippen LogP contribution in [0.1, 0.15) is 30.9 Å². The molecule has 2 rings (SSSR count). The van der Waals surface area contributed by atoms with E-state index in [0.717, 1.165) is 16.9 Å². The van der Waals surface area contributed by atoms with E-state index in [0.29, 0.717) is 6.04 Å². The molecule has 2 atom stereocenters. The highest BCUT2D eigenvalue weighted by Gasteiger charge is 2.22. The first-order valence-electron chi connectivity index (χ1n) is 7.91. The maximum Gasteiger partial charge on any atom is 0.0330 e. The van der Waals surface area contributed by atoms with Crippen LogP contribution < -0.4 is 5.32 Å². The van der Waals surface area contributed by atoms with E-state index in [2.05, 4.69) is 76.5 Å². The fraction of sp³-hybridized carbons (Fsp3) is 0.647. The molecule has 4 heteroatoms. The molecule has 1 aromatic carbocycles. The minimum Gasteiger partial charge on any atom is -0.313 e. The summed E-state index contributed by atoms with van der Waals surface area (Å²) in [5.41, 5.74) is 1.37. The van der Waals surface area contributed by atoms with Crippen molar-refractivity contribution in [2.75, 3.05) is 40.8 Å². The van der Waals surface area contributed by atoms with Gasteiger partial charge in [-0.15, -0.1) is 0 Å². The van der Waals surface area contributed by atoms with Crippen molar-refractivity contribution in [3.63, 3.8) is 0 Å². The maximum absolute atomic E-state index is 3.57. The van der Waals surface area contributed by atoms with Crippen LogP contribution in [0.25, 0.3) is 0 Å². The molecule has 1 N–H and O–H groups in total. The predicted molar refractivity (Wildman–Crippen MR) is 93.7 cm³/mol. The second kappa shape index (κ2) is 8.28. The first-order valence-corrected chi connectivity index (χ1v) is 8.71. The topological polar surface area (TPSA) is 18.5 Å². The lowest BCUT2D eigenvalue weighted by Crippen LogP contribution is -2.45. The quantitative estimate of drug-likeness (QED) is 0.847. The smallest absolute Gasteiger partial charge is 0.0330 e. The molecule has 0 spiro atoms. The van der Waals surface area contributed by atoms with E-state index in [1.54, 1.807) is 0 Å². The number of hydrogen-bond acceptors (Lipinski definition) is 3. The molecule has 1 aromatic rings. The van der Waals surface area contributed by atoms with Crippen molar-refractivity contribution in [2.24, 2.45) is 0 Å². The molecule has 3 nitrogen and oxygen atoms in total. The number of halogens is 1. The first-order chi connectivity index (χ1) is 10.1. The third-order valence-electron chi connectivity index (χ3n) is 4.54. The Morgan fingerprint density at radius 1 is 1.43 bits per heavy atom. The van der Waals surface area contributed by atoms with Crippen molar-refractivity contribution in [3.8, 4) is 0 Å². The normalized spacial score (nSPS) is 21.7. The van der Waals surface area contributed by atoms with Gasteiger partial charge in [0.2, 0.25) is 0 Å². The molecule has 2 unspecified atom stereocenters. The Bertz CT molecular complexity index is 436. The average Bonchev–Trinajstić information content (AvgIpc) is 2.48. The number of nitrogens with one attached hydrogen (secondary N) is 1. The van der Waals surface area contributed by atoms with Crippen molar-refractivity contribution >= 4 is 15.9 Å². The molecule has 0 amide bonds. The van der Waals surface area contributed by atoms with E-state index in [1.165, 1.54) is 38.0 Å². The summed E-state index contributed by atoms with van der Waals surface area (Å²) >= 11 is 3.57. The van der Waals surface area contributed by atoms with Crippen molar-refractivity contribution in [3.05, 3.63) is 34.3 Å². The highest BCUT2D eigenvalue weighted by molar-refractivity contribution is 9.10. The second-order valence-corrected chi connectivity index (χ2v) is 7.16. The molecule has 0 bridgehead atoms. The molecule has 1 saturated heterocycles. The van der Waals surface area contributed by atoms with E-state index in [9.17, 15) is 0 Å². The van der Waals surface area contributed by atoms with Gasteiger partial charge in [-0.05, 0) is 64.6 Å².